The standard InChI is InChI=1S/C20H32N2O/c1-13(2)8-10-22-11-9-16-14(3)12-15(4)17(18(16)22)21-19(23)20(5,6)7/h12-13H,8-11H2,1-7H3,(H,21,23). The minimum absolute atomic E-state index is 0.0855. The van der Waals surface area contributed by atoms with Crippen molar-refractivity contribution in [3.63, 3.8) is 0 Å². The van der Waals surface area contributed by atoms with Crippen LogP contribution in [-0.4, -0.2) is 19.0 Å². The Bertz CT molecular complexity index is 597. The van der Waals surface area contributed by atoms with E-state index in [2.05, 4.69) is 44.0 Å². The number of rotatable bonds is 4. The van der Waals surface area contributed by atoms with Crippen LogP contribution < -0.4 is 10.2 Å². The number of carbonyl (C=O) groups is 1. The van der Waals surface area contributed by atoms with Crippen molar-refractivity contribution < 1.29 is 4.79 Å². The molecule has 3 nitrogen and oxygen atoms in total. The molecule has 0 aliphatic carbocycles. The molecule has 1 amide bonds. The summed E-state index contributed by atoms with van der Waals surface area (Å²) in [7, 11) is 0. The third kappa shape index (κ3) is 3.88. The van der Waals surface area contributed by atoms with Gasteiger partial charge in [0.25, 0.3) is 0 Å². The van der Waals surface area contributed by atoms with Crippen LogP contribution in [0, 0.1) is 25.2 Å². The van der Waals surface area contributed by atoms with Crippen LogP contribution in [0.5, 0.6) is 0 Å². The second kappa shape index (κ2) is 6.54. The van der Waals surface area contributed by atoms with Crippen molar-refractivity contribution in [1.82, 2.24) is 0 Å². The van der Waals surface area contributed by atoms with Crippen molar-refractivity contribution in [3.05, 3.63) is 22.8 Å². The van der Waals surface area contributed by atoms with E-state index >= 15 is 0 Å². The van der Waals surface area contributed by atoms with E-state index in [4.69, 9.17) is 0 Å². The molecule has 128 valence electrons. The van der Waals surface area contributed by atoms with E-state index < -0.39 is 0 Å². The molecule has 1 aromatic carbocycles. The van der Waals surface area contributed by atoms with E-state index in [0.717, 1.165) is 30.8 Å². The number of nitrogens with zero attached hydrogens (tertiary/aromatic N) is 1. The zero-order chi connectivity index (χ0) is 17.4. The van der Waals surface area contributed by atoms with Crippen LogP contribution in [0.25, 0.3) is 0 Å². The van der Waals surface area contributed by atoms with Crippen LogP contribution in [0.4, 0.5) is 11.4 Å². The SMILES string of the molecule is Cc1cc(C)c(NC(=O)C(C)(C)C)c2c1CCN2CCC(C)C. The van der Waals surface area contributed by atoms with Gasteiger partial charge in [0.15, 0.2) is 0 Å². The van der Waals surface area contributed by atoms with E-state index in [9.17, 15) is 4.79 Å². The number of anilines is 2. The maximum Gasteiger partial charge on any atom is 0.229 e. The Hall–Kier alpha value is -1.51. The molecule has 0 spiro atoms. The number of nitrogens with one attached hydrogen (secondary N) is 1. The monoisotopic (exact) mass is 316 g/mol. The lowest BCUT2D eigenvalue weighted by molar-refractivity contribution is -0.123. The first kappa shape index (κ1) is 17.8. The van der Waals surface area contributed by atoms with Gasteiger partial charge >= 0.3 is 0 Å². The molecular formula is C20H32N2O. The quantitative estimate of drug-likeness (QED) is 0.873. The lowest BCUT2D eigenvalue weighted by Crippen LogP contribution is -2.30. The molecule has 3 heteroatoms. The molecule has 1 N–H and O–H groups in total. The molecular weight excluding hydrogens is 284 g/mol. The van der Waals surface area contributed by atoms with Gasteiger partial charge in [-0.05, 0) is 49.3 Å². The van der Waals surface area contributed by atoms with Gasteiger partial charge < -0.3 is 10.2 Å². The van der Waals surface area contributed by atoms with Crippen LogP contribution >= 0.6 is 0 Å². The highest BCUT2D eigenvalue weighted by Crippen LogP contribution is 2.40. The molecule has 1 heterocycles. The molecule has 1 aromatic rings. The summed E-state index contributed by atoms with van der Waals surface area (Å²) >= 11 is 0. The van der Waals surface area contributed by atoms with Gasteiger partial charge in [0, 0.05) is 18.5 Å². The fourth-order valence-electron chi connectivity index (χ4n) is 3.13. The third-order valence-electron chi connectivity index (χ3n) is 4.67. The van der Waals surface area contributed by atoms with Crippen molar-refractivity contribution in [2.45, 2.75) is 61.3 Å². The Morgan fingerprint density at radius 2 is 1.91 bits per heavy atom. The minimum atomic E-state index is -0.383. The maximum atomic E-state index is 12.5. The topological polar surface area (TPSA) is 32.3 Å². The summed E-state index contributed by atoms with van der Waals surface area (Å²) in [4.78, 5) is 15.0. The maximum absolute atomic E-state index is 12.5. The van der Waals surface area contributed by atoms with E-state index in [0.29, 0.717) is 5.92 Å². The summed E-state index contributed by atoms with van der Waals surface area (Å²) in [5.74, 6) is 0.778. The average Bonchev–Trinajstić information content (AvgIpc) is 2.84. The average molecular weight is 316 g/mol. The number of fused-ring (bicyclic) bond motifs is 1. The lowest BCUT2D eigenvalue weighted by Gasteiger charge is -2.27. The molecule has 0 unspecified atom stereocenters. The van der Waals surface area contributed by atoms with Crippen molar-refractivity contribution in [3.8, 4) is 0 Å². The summed E-state index contributed by atoms with van der Waals surface area (Å²) in [5.41, 5.74) is 5.82. The summed E-state index contributed by atoms with van der Waals surface area (Å²) < 4.78 is 0. The number of amides is 1. The van der Waals surface area contributed by atoms with Gasteiger partial charge in [0.2, 0.25) is 5.91 Å². The highest BCUT2D eigenvalue weighted by molar-refractivity contribution is 5.99. The van der Waals surface area contributed by atoms with Gasteiger partial charge in [0.1, 0.15) is 0 Å². The summed E-state index contributed by atoms with van der Waals surface area (Å²) in [5, 5.41) is 3.21. The van der Waals surface area contributed by atoms with Gasteiger partial charge in [-0.25, -0.2) is 0 Å². The molecule has 0 saturated heterocycles. The van der Waals surface area contributed by atoms with Crippen LogP contribution in [0.15, 0.2) is 6.07 Å². The Labute approximate surface area is 141 Å². The van der Waals surface area contributed by atoms with Gasteiger partial charge in [-0.1, -0.05) is 40.7 Å². The molecule has 0 aromatic heterocycles. The van der Waals surface area contributed by atoms with E-state index in [-0.39, 0.29) is 11.3 Å². The Balaban J connectivity index is 2.39. The predicted octanol–water partition coefficient (Wildman–Crippen LogP) is 4.70. The molecule has 0 fully saturated rings. The second-order valence-electron chi connectivity index (χ2n) is 8.34. The van der Waals surface area contributed by atoms with Crippen LogP contribution in [0.2, 0.25) is 0 Å². The largest absolute Gasteiger partial charge is 0.369 e. The molecule has 0 saturated carbocycles. The number of hydrogen-bond donors (Lipinski definition) is 1. The van der Waals surface area contributed by atoms with Crippen molar-refractivity contribution in [1.29, 1.82) is 0 Å². The van der Waals surface area contributed by atoms with Crippen molar-refractivity contribution >= 4 is 17.3 Å². The van der Waals surface area contributed by atoms with Crippen molar-refractivity contribution in [2.24, 2.45) is 11.3 Å². The number of carbonyl (C=O) groups excluding carboxylic acids is 1. The molecule has 0 bridgehead atoms. The third-order valence-corrected chi connectivity index (χ3v) is 4.67. The first-order chi connectivity index (χ1) is 10.6. The molecule has 23 heavy (non-hydrogen) atoms. The van der Waals surface area contributed by atoms with Gasteiger partial charge in [0.05, 0.1) is 11.4 Å². The normalized spacial score (nSPS) is 14.3. The number of hydrogen-bond acceptors (Lipinski definition) is 2. The van der Waals surface area contributed by atoms with Crippen LogP contribution in [0.1, 0.15) is 57.7 Å². The highest BCUT2D eigenvalue weighted by atomic mass is 16.2. The molecule has 1 aliphatic heterocycles. The minimum Gasteiger partial charge on any atom is -0.369 e. The van der Waals surface area contributed by atoms with E-state index in [1.54, 1.807) is 0 Å². The molecule has 0 atom stereocenters. The first-order valence-electron chi connectivity index (χ1n) is 8.80. The second-order valence-corrected chi connectivity index (χ2v) is 8.34. The Kier molecular flexibility index (Phi) is 5.07. The summed E-state index contributed by atoms with van der Waals surface area (Å²) in [6.45, 7) is 16.8. The smallest absolute Gasteiger partial charge is 0.229 e. The first-order valence-corrected chi connectivity index (χ1v) is 8.80. The fourth-order valence-corrected chi connectivity index (χ4v) is 3.13. The highest BCUT2D eigenvalue weighted by Gasteiger charge is 2.29. The molecule has 1 aliphatic rings. The molecule has 0 radical (unpaired) electrons. The lowest BCUT2D eigenvalue weighted by atomic mass is 9.94. The van der Waals surface area contributed by atoms with Crippen LogP contribution in [-0.2, 0) is 11.2 Å². The number of benzene rings is 1. The van der Waals surface area contributed by atoms with Crippen molar-refractivity contribution in [2.75, 3.05) is 23.3 Å². The Morgan fingerprint density at radius 3 is 2.48 bits per heavy atom. The van der Waals surface area contributed by atoms with Gasteiger partial charge in [-0.2, -0.15) is 0 Å². The molecule has 2 rings (SSSR count). The summed E-state index contributed by atoms with van der Waals surface area (Å²) in [6, 6.07) is 2.21. The van der Waals surface area contributed by atoms with E-state index in [1.165, 1.54) is 23.2 Å². The Morgan fingerprint density at radius 1 is 1.26 bits per heavy atom. The van der Waals surface area contributed by atoms with Crippen LogP contribution in [0.3, 0.4) is 0 Å². The predicted molar refractivity (Wildman–Crippen MR) is 99.4 cm³/mol. The van der Waals surface area contributed by atoms with E-state index in [1.807, 2.05) is 20.8 Å². The number of aryl methyl sites for hydroxylation is 2. The zero-order valence-electron chi connectivity index (χ0n) is 15.8. The fraction of sp³-hybridized carbons (Fsp3) is 0.650. The summed E-state index contributed by atoms with van der Waals surface area (Å²) in [6.07, 6.45) is 2.26. The van der Waals surface area contributed by atoms with Gasteiger partial charge in [-0.15, -0.1) is 0 Å². The van der Waals surface area contributed by atoms with Gasteiger partial charge in [-0.3, -0.25) is 4.79 Å². The zero-order valence-corrected chi connectivity index (χ0v) is 15.8.